The molecule has 5 heteroatoms. The number of benzene rings is 1. The van der Waals surface area contributed by atoms with Gasteiger partial charge in [-0.2, -0.15) is 5.10 Å². The summed E-state index contributed by atoms with van der Waals surface area (Å²) in [5.74, 6) is 5.35. The van der Waals surface area contributed by atoms with E-state index in [1.165, 1.54) is 4.68 Å². The van der Waals surface area contributed by atoms with Crippen LogP contribution in [0.15, 0.2) is 59.8 Å². The fourth-order valence-electron chi connectivity index (χ4n) is 1.30. The van der Waals surface area contributed by atoms with Gasteiger partial charge in [0, 0.05) is 11.8 Å². The number of carbonyl (C=O) groups is 1. The highest BCUT2D eigenvalue weighted by Crippen LogP contribution is 1.96. The third-order valence-corrected chi connectivity index (χ3v) is 2.18. The summed E-state index contributed by atoms with van der Waals surface area (Å²) in [4.78, 5) is 11.7. The molecule has 0 fully saturated rings. The van der Waals surface area contributed by atoms with E-state index in [0.717, 1.165) is 0 Å². The maximum absolute atomic E-state index is 11.7. The van der Waals surface area contributed by atoms with Crippen molar-refractivity contribution in [3.05, 3.63) is 65.8 Å². The lowest BCUT2D eigenvalue weighted by Gasteiger charge is -2.00. The van der Waals surface area contributed by atoms with Gasteiger partial charge in [-0.1, -0.05) is 24.3 Å². The summed E-state index contributed by atoms with van der Waals surface area (Å²) < 4.78 is 1.32. The summed E-state index contributed by atoms with van der Waals surface area (Å²) in [6.07, 6.45) is 1.65. The fourth-order valence-corrected chi connectivity index (χ4v) is 1.30. The predicted molar refractivity (Wildman–Crippen MR) is 64.1 cm³/mol. The highest BCUT2D eigenvalue weighted by Gasteiger charge is 2.01. The van der Waals surface area contributed by atoms with Crippen LogP contribution in [0, 0.1) is 0 Å². The van der Waals surface area contributed by atoms with Crippen molar-refractivity contribution in [2.75, 3.05) is 5.84 Å². The molecule has 0 atom stereocenters. The molecule has 2 rings (SSSR count). The summed E-state index contributed by atoms with van der Waals surface area (Å²) in [6.45, 7) is 0. The Morgan fingerprint density at radius 3 is 2.53 bits per heavy atom. The van der Waals surface area contributed by atoms with Gasteiger partial charge >= 0.3 is 0 Å². The number of rotatable bonds is 2. The Labute approximate surface area is 98.2 Å². The molecule has 1 amide bonds. The molecular weight excluding hydrogens is 216 g/mol. The maximum atomic E-state index is 11.7. The molecule has 86 valence electrons. The molecule has 0 saturated heterocycles. The monoisotopic (exact) mass is 228 g/mol. The zero-order chi connectivity index (χ0) is 12.1. The second-order valence-corrected chi connectivity index (χ2v) is 3.38. The smallest absolute Gasteiger partial charge is 0.271 e. The molecule has 0 radical (unpaired) electrons. The fraction of sp³-hybridized carbons (Fsp3) is 0. The van der Waals surface area contributed by atoms with Crippen LogP contribution in [0.5, 0.6) is 0 Å². The average Bonchev–Trinajstić information content (AvgIpc) is 2.38. The van der Waals surface area contributed by atoms with Crippen LogP contribution in [0.2, 0.25) is 0 Å². The van der Waals surface area contributed by atoms with Gasteiger partial charge in [0.15, 0.2) is 5.49 Å². The molecule has 5 nitrogen and oxygen atoms in total. The van der Waals surface area contributed by atoms with Crippen molar-refractivity contribution in [2.45, 2.75) is 0 Å². The first kappa shape index (κ1) is 10.9. The molecule has 17 heavy (non-hydrogen) atoms. The Balaban J connectivity index is 2.17. The summed E-state index contributed by atoms with van der Waals surface area (Å²) in [7, 11) is 0. The van der Waals surface area contributed by atoms with E-state index in [1.54, 1.807) is 48.7 Å². The molecule has 0 bridgehead atoms. The van der Waals surface area contributed by atoms with E-state index in [1.807, 2.05) is 6.07 Å². The molecule has 0 saturated carbocycles. The largest absolute Gasteiger partial charge is 0.338 e. The summed E-state index contributed by atoms with van der Waals surface area (Å²) in [5.41, 5.74) is 3.46. The number of nitrogen functional groups attached to an aromatic ring is 1. The number of carbonyl (C=O) groups excluding carboxylic acids is 1. The lowest BCUT2D eigenvalue weighted by Crippen LogP contribution is -2.30. The standard InChI is InChI=1S/C12H12N4O/c13-16-9-5-4-8-11(16)14-15-12(17)10-6-2-1-3-7-10/h1-9H,13H2,(H,15,17)/b14-11-. The summed E-state index contributed by atoms with van der Waals surface area (Å²) in [5, 5.41) is 3.92. The Bertz CT molecular complexity index is 574. The van der Waals surface area contributed by atoms with Gasteiger partial charge in [0.1, 0.15) is 0 Å². The topological polar surface area (TPSA) is 72.4 Å². The first-order valence-corrected chi connectivity index (χ1v) is 5.09. The van der Waals surface area contributed by atoms with Gasteiger partial charge in [0.2, 0.25) is 0 Å². The second-order valence-electron chi connectivity index (χ2n) is 3.38. The molecule has 0 unspecified atom stereocenters. The first-order valence-electron chi connectivity index (χ1n) is 5.09. The van der Waals surface area contributed by atoms with Gasteiger partial charge in [-0.05, 0) is 24.3 Å². The maximum Gasteiger partial charge on any atom is 0.271 e. The number of hydrogen-bond acceptors (Lipinski definition) is 3. The molecule has 1 aromatic carbocycles. The first-order chi connectivity index (χ1) is 8.27. The van der Waals surface area contributed by atoms with E-state index >= 15 is 0 Å². The molecule has 1 heterocycles. The molecule has 0 aliphatic heterocycles. The van der Waals surface area contributed by atoms with Crippen molar-refractivity contribution in [3.63, 3.8) is 0 Å². The average molecular weight is 228 g/mol. The van der Waals surface area contributed by atoms with Gasteiger partial charge in [0.05, 0.1) is 0 Å². The number of hydrogen-bond donors (Lipinski definition) is 2. The third-order valence-electron chi connectivity index (χ3n) is 2.18. The Morgan fingerprint density at radius 2 is 1.82 bits per heavy atom. The van der Waals surface area contributed by atoms with E-state index in [0.29, 0.717) is 11.1 Å². The molecule has 0 spiro atoms. The van der Waals surface area contributed by atoms with Crippen LogP contribution in [0.4, 0.5) is 0 Å². The van der Waals surface area contributed by atoms with Crippen molar-refractivity contribution in [2.24, 2.45) is 5.10 Å². The van der Waals surface area contributed by atoms with Crippen LogP contribution in [-0.4, -0.2) is 10.6 Å². The van der Waals surface area contributed by atoms with Gasteiger partial charge in [-0.25, -0.2) is 5.43 Å². The quantitative estimate of drug-likeness (QED) is 0.578. The van der Waals surface area contributed by atoms with Crippen LogP contribution >= 0.6 is 0 Å². The van der Waals surface area contributed by atoms with E-state index in [-0.39, 0.29) is 5.91 Å². The Kier molecular flexibility index (Phi) is 3.20. The van der Waals surface area contributed by atoms with E-state index in [9.17, 15) is 4.79 Å². The minimum atomic E-state index is -0.269. The SMILES string of the molecule is Nn1cccc/c1=N/NC(=O)c1ccccc1. The molecule has 3 N–H and O–H groups in total. The lowest BCUT2D eigenvalue weighted by molar-refractivity contribution is 0.0952. The van der Waals surface area contributed by atoms with Crippen molar-refractivity contribution in [1.82, 2.24) is 10.1 Å². The Hall–Kier alpha value is -2.56. The van der Waals surface area contributed by atoms with Crippen LogP contribution in [-0.2, 0) is 0 Å². The number of nitrogens with zero attached hydrogens (tertiary/aromatic N) is 2. The van der Waals surface area contributed by atoms with E-state index in [4.69, 9.17) is 5.84 Å². The number of nitrogens with two attached hydrogens (primary N) is 1. The second kappa shape index (κ2) is 4.98. The molecular formula is C12H12N4O. The van der Waals surface area contributed by atoms with Crippen LogP contribution in [0.1, 0.15) is 10.4 Å². The van der Waals surface area contributed by atoms with Crippen molar-refractivity contribution in [1.29, 1.82) is 0 Å². The van der Waals surface area contributed by atoms with Crippen LogP contribution < -0.4 is 16.8 Å². The predicted octanol–water partition coefficient (Wildman–Crippen LogP) is 0.448. The zero-order valence-corrected chi connectivity index (χ0v) is 9.08. The minimum absolute atomic E-state index is 0.269. The van der Waals surface area contributed by atoms with Crippen LogP contribution in [0.25, 0.3) is 0 Å². The van der Waals surface area contributed by atoms with Crippen molar-refractivity contribution >= 4 is 5.91 Å². The number of amides is 1. The van der Waals surface area contributed by atoms with Gasteiger partial charge in [0.25, 0.3) is 5.91 Å². The molecule has 2 aromatic rings. The van der Waals surface area contributed by atoms with E-state index in [2.05, 4.69) is 10.5 Å². The zero-order valence-electron chi connectivity index (χ0n) is 9.08. The number of aromatic nitrogens is 1. The number of pyridine rings is 1. The summed E-state index contributed by atoms with van der Waals surface area (Å²) in [6, 6.07) is 14.1. The highest BCUT2D eigenvalue weighted by atomic mass is 16.2. The normalized spacial score (nSPS) is 11.2. The van der Waals surface area contributed by atoms with Crippen molar-refractivity contribution in [3.8, 4) is 0 Å². The molecule has 1 aromatic heterocycles. The minimum Gasteiger partial charge on any atom is -0.338 e. The van der Waals surface area contributed by atoms with Gasteiger partial charge < -0.3 is 5.84 Å². The lowest BCUT2D eigenvalue weighted by atomic mass is 10.2. The Morgan fingerprint density at radius 1 is 1.12 bits per heavy atom. The summed E-state index contributed by atoms with van der Waals surface area (Å²) >= 11 is 0. The van der Waals surface area contributed by atoms with E-state index < -0.39 is 0 Å². The third kappa shape index (κ3) is 2.72. The number of nitrogens with one attached hydrogen (secondary N) is 1. The highest BCUT2D eigenvalue weighted by molar-refractivity contribution is 5.93. The van der Waals surface area contributed by atoms with Crippen molar-refractivity contribution < 1.29 is 4.79 Å². The van der Waals surface area contributed by atoms with Gasteiger partial charge in [-0.3, -0.25) is 9.47 Å². The molecule has 0 aliphatic carbocycles. The van der Waals surface area contributed by atoms with Crippen LogP contribution in [0.3, 0.4) is 0 Å². The van der Waals surface area contributed by atoms with Gasteiger partial charge in [-0.15, -0.1) is 0 Å². The molecule has 0 aliphatic rings.